The molecule has 0 aliphatic heterocycles. The Morgan fingerprint density at radius 1 is 0.419 bits per heavy atom. The number of hydrogen-bond acceptors (Lipinski definition) is 1. The zero-order valence-corrected chi connectivity index (χ0v) is 17.6. The molecule has 4 aromatic carbocycles. The van der Waals surface area contributed by atoms with Crippen molar-refractivity contribution < 1.29 is 19.2 Å². The summed E-state index contributed by atoms with van der Waals surface area (Å²) in [6.07, 6.45) is 0. The molecule has 31 heavy (non-hydrogen) atoms. The van der Waals surface area contributed by atoms with E-state index in [0.29, 0.717) is 0 Å². The normalized spacial score (nSPS) is 10.5. The lowest BCUT2D eigenvalue weighted by Gasteiger charge is -2.18. The van der Waals surface area contributed by atoms with E-state index in [0.717, 1.165) is 0 Å². The molecule has 0 fully saturated rings. The summed E-state index contributed by atoms with van der Waals surface area (Å²) in [5.74, 6) is 0. The molecule has 0 radical (unpaired) electrons. The van der Waals surface area contributed by atoms with E-state index in [2.05, 4.69) is 121 Å². The Hall–Kier alpha value is -3.27. The third-order valence-corrected chi connectivity index (χ3v) is 4.50. The SMILES string of the molecule is O=P(O)(O)O.c1ccc(C(=C(c2ccccc2)c2ccccc2)c2ccccc2)cc1. The molecule has 4 aromatic rings. The van der Waals surface area contributed by atoms with Crippen LogP contribution in [-0.4, -0.2) is 14.7 Å². The van der Waals surface area contributed by atoms with Crippen molar-refractivity contribution in [2.45, 2.75) is 0 Å². The predicted molar refractivity (Wildman–Crippen MR) is 125 cm³/mol. The monoisotopic (exact) mass is 430 g/mol. The standard InChI is InChI=1S/C26H20.H3O4P/c1-5-13-21(14-6-1)25(22-15-7-2-8-16-22)26(23-17-9-3-10-18-23)24-19-11-4-12-20-24;1-5(2,3)4/h1-20H;(H3,1,2,3,4). The van der Waals surface area contributed by atoms with Crippen molar-refractivity contribution in [2.24, 2.45) is 0 Å². The molecule has 4 rings (SSSR count). The minimum absolute atomic E-state index is 1.22. The van der Waals surface area contributed by atoms with E-state index in [1.807, 2.05) is 0 Å². The average Bonchev–Trinajstić information content (AvgIpc) is 2.78. The molecule has 0 bridgehead atoms. The lowest BCUT2D eigenvalue weighted by atomic mass is 9.86. The van der Waals surface area contributed by atoms with Crippen molar-refractivity contribution in [3.8, 4) is 0 Å². The third-order valence-electron chi connectivity index (χ3n) is 4.50. The van der Waals surface area contributed by atoms with E-state index < -0.39 is 7.82 Å². The van der Waals surface area contributed by atoms with E-state index in [1.54, 1.807) is 0 Å². The maximum absolute atomic E-state index is 8.88. The van der Waals surface area contributed by atoms with Crippen LogP contribution in [0.4, 0.5) is 0 Å². The van der Waals surface area contributed by atoms with Crippen LogP contribution in [0.25, 0.3) is 11.1 Å². The van der Waals surface area contributed by atoms with Crippen LogP contribution in [0.15, 0.2) is 121 Å². The van der Waals surface area contributed by atoms with Gasteiger partial charge in [0.2, 0.25) is 0 Å². The minimum atomic E-state index is -4.64. The van der Waals surface area contributed by atoms with Crippen LogP contribution in [0.3, 0.4) is 0 Å². The van der Waals surface area contributed by atoms with Crippen molar-refractivity contribution in [3.05, 3.63) is 144 Å². The topological polar surface area (TPSA) is 77.8 Å². The van der Waals surface area contributed by atoms with Crippen LogP contribution in [0, 0.1) is 0 Å². The van der Waals surface area contributed by atoms with Gasteiger partial charge in [-0.3, -0.25) is 0 Å². The van der Waals surface area contributed by atoms with Crippen molar-refractivity contribution in [3.63, 3.8) is 0 Å². The van der Waals surface area contributed by atoms with E-state index in [1.165, 1.54) is 33.4 Å². The first-order valence-corrected chi connectivity index (χ1v) is 11.2. The fourth-order valence-electron chi connectivity index (χ4n) is 3.33. The zero-order chi connectivity index (χ0) is 22.1. The van der Waals surface area contributed by atoms with Gasteiger partial charge in [0.25, 0.3) is 0 Å². The summed E-state index contributed by atoms with van der Waals surface area (Å²) in [6, 6.07) is 42.6. The number of rotatable bonds is 4. The van der Waals surface area contributed by atoms with Crippen LogP contribution in [0.2, 0.25) is 0 Å². The highest BCUT2D eigenvalue weighted by Gasteiger charge is 2.15. The molecule has 0 amide bonds. The van der Waals surface area contributed by atoms with Gasteiger partial charge in [-0.25, -0.2) is 4.57 Å². The maximum Gasteiger partial charge on any atom is 0.466 e. The molecule has 5 heteroatoms. The third kappa shape index (κ3) is 6.88. The smallest absolute Gasteiger partial charge is 0.303 e. The van der Waals surface area contributed by atoms with Gasteiger partial charge in [-0.15, -0.1) is 0 Å². The van der Waals surface area contributed by atoms with Gasteiger partial charge in [-0.05, 0) is 33.4 Å². The molecule has 0 heterocycles. The molecule has 3 N–H and O–H groups in total. The van der Waals surface area contributed by atoms with Crippen molar-refractivity contribution in [2.75, 3.05) is 0 Å². The Balaban J connectivity index is 0.000000491. The van der Waals surface area contributed by atoms with Gasteiger partial charge in [0.15, 0.2) is 0 Å². The molecular formula is C26H23O4P. The second-order valence-electron chi connectivity index (χ2n) is 6.73. The summed E-state index contributed by atoms with van der Waals surface area (Å²) in [4.78, 5) is 21.6. The molecule has 0 atom stereocenters. The molecule has 156 valence electrons. The van der Waals surface area contributed by atoms with E-state index in [-0.39, 0.29) is 0 Å². The minimum Gasteiger partial charge on any atom is -0.303 e. The van der Waals surface area contributed by atoms with Crippen molar-refractivity contribution in [1.82, 2.24) is 0 Å². The highest BCUT2D eigenvalue weighted by molar-refractivity contribution is 7.45. The van der Waals surface area contributed by atoms with Gasteiger partial charge in [-0.1, -0.05) is 121 Å². The quantitative estimate of drug-likeness (QED) is 0.284. The molecule has 0 saturated heterocycles. The first-order valence-electron chi connectivity index (χ1n) is 9.68. The summed E-state index contributed by atoms with van der Waals surface area (Å²) in [6.45, 7) is 0. The first-order chi connectivity index (χ1) is 14.9. The Kier molecular flexibility index (Phi) is 7.71. The number of hydrogen-bond donors (Lipinski definition) is 3. The summed E-state index contributed by atoms with van der Waals surface area (Å²) >= 11 is 0. The van der Waals surface area contributed by atoms with Gasteiger partial charge in [-0.2, -0.15) is 0 Å². The van der Waals surface area contributed by atoms with Crippen molar-refractivity contribution >= 4 is 19.0 Å². The number of phosphoric acid groups is 1. The largest absolute Gasteiger partial charge is 0.466 e. The Labute approximate surface area is 182 Å². The van der Waals surface area contributed by atoms with E-state index in [9.17, 15) is 0 Å². The Morgan fingerprint density at radius 2 is 0.581 bits per heavy atom. The summed E-state index contributed by atoms with van der Waals surface area (Å²) in [5.41, 5.74) is 7.40. The lowest BCUT2D eigenvalue weighted by Crippen LogP contribution is -1.97. The lowest BCUT2D eigenvalue weighted by molar-refractivity contribution is 0.275. The predicted octanol–water partition coefficient (Wildman–Crippen LogP) is 5.77. The molecule has 0 saturated carbocycles. The van der Waals surface area contributed by atoms with Crippen LogP contribution in [0.5, 0.6) is 0 Å². The molecule has 0 aliphatic rings. The summed E-state index contributed by atoms with van der Waals surface area (Å²) in [7, 11) is -4.64. The molecule has 0 unspecified atom stereocenters. The Bertz CT molecular complexity index is 977. The van der Waals surface area contributed by atoms with Gasteiger partial charge in [0.1, 0.15) is 0 Å². The Morgan fingerprint density at radius 3 is 0.742 bits per heavy atom. The van der Waals surface area contributed by atoms with Gasteiger partial charge >= 0.3 is 7.82 Å². The van der Waals surface area contributed by atoms with Crippen molar-refractivity contribution in [1.29, 1.82) is 0 Å². The van der Waals surface area contributed by atoms with E-state index in [4.69, 9.17) is 19.2 Å². The van der Waals surface area contributed by atoms with Gasteiger partial charge in [0.05, 0.1) is 0 Å². The van der Waals surface area contributed by atoms with Gasteiger partial charge < -0.3 is 14.7 Å². The molecule has 0 aliphatic carbocycles. The highest BCUT2D eigenvalue weighted by atomic mass is 31.2. The molecule has 4 nitrogen and oxygen atoms in total. The van der Waals surface area contributed by atoms with Crippen LogP contribution < -0.4 is 0 Å². The van der Waals surface area contributed by atoms with Crippen LogP contribution in [-0.2, 0) is 4.57 Å². The molecular weight excluding hydrogens is 407 g/mol. The zero-order valence-electron chi connectivity index (χ0n) is 16.7. The highest BCUT2D eigenvalue weighted by Crippen LogP contribution is 2.36. The fraction of sp³-hybridized carbons (Fsp3) is 0. The second-order valence-corrected chi connectivity index (χ2v) is 7.75. The average molecular weight is 430 g/mol. The fourth-order valence-corrected chi connectivity index (χ4v) is 3.33. The molecule has 0 aromatic heterocycles. The molecule has 0 spiro atoms. The summed E-state index contributed by atoms with van der Waals surface area (Å²) in [5, 5.41) is 0. The maximum atomic E-state index is 8.88. The summed E-state index contributed by atoms with van der Waals surface area (Å²) < 4.78 is 8.88. The number of benzene rings is 4. The van der Waals surface area contributed by atoms with Crippen LogP contribution in [0.1, 0.15) is 22.3 Å². The van der Waals surface area contributed by atoms with Gasteiger partial charge in [0, 0.05) is 0 Å². The van der Waals surface area contributed by atoms with Crippen LogP contribution >= 0.6 is 7.82 Å². The first kappa shape index (κ1) is 22.4. The van der Waals surface area contributed by atoms with E-state index >= 15 is 0 Å². The second kappa shape index (κ2) is 10.7.